The summed E-state index contributed by atoms with van der Waals surface area (Å²) in [7, 11) is 0. The van der Waals surface area contributed by atoms with E-state index in [1.54, 1.807) is 0 Å². The maximum atomic E-state index is 12.0. The van der Waals surface area contributed by atoms with Crippen LogP contribution in [-0.2, 0) is 6.42 Å². The van der Waals surface area contributed by atoms with Crippen LogP contribution in [0.3, 0.4) is 0 Å². The molecule has 0 aliphatic heterocycles. The number of nitrogens with one attached hydrogen (secondary N) is 1. The molecule has 2 aromatic carbocycles. The van der Waals surface area contributed by atoms with Gasteiger partial charge in [0.25, 0.3) is 5.91 Å². The molecular formula is C16H16INO. The second-order valence-corrected chi connectivity index (χ2v) is 5.69. The van der Waals surface area contributed by atoms with E-state index < -0.39 is 0 Å². The Morgan fingerprint density at radius 2 is 1.95 bits per heavy atom. The van der Waals surface area contributed by atoms with Crippen molar-refractivity contribution in [2.45, 2.75) is 13.3 Å². The van der Waals surface area contributed by atoms with Crippen LogP contribution in [0.2, 0.25) is 0 Å². The molecule has 1 amide bonds. The Hall–Kier alpha value is -1.36. The maximum Gasteiger partial charge on any atom is 0.251 e. The van der Waals surface area contributed by atoms with Crippen molar-refractivity contribution in [3.05, 3.63) is 68.8 Å². The highest BCUT2D eigenvalue weighted by Crippen LogP contribution is 2.09. The number of hydrogen-bond acceptors (Lipinski definition) is 1. The molecular weight excluding hydrogens is 349 g/mol. The van der Waals surface area contributed by atoms with Crippen molar-refractivity contribution in [2.75, 3.05) is 6.54 Å². The van der Waals surface area contributed by atoms with Crippen LogP contribution in [0, 0.1) is 10.5 Å². The normalized spacial score (nSPS) is 10.2. The van der Waals surface area contributed by atoms with E-state index in [0.29, 0.717) is 6.54 Å². The fourth-order valence-electron chi connectivity index (χ4n) is 1.93. The number of amides is 1. The van der Waals surface area contributed by atoms with Crippen molar-refractivity contribution in [1.82, 2.24) is 5.32 Å². The van der Waals surface area contributed by atoms with Gasteiger partial charge in [-0.05, 0) is 65.3 Å². The smallest absolute Gasteiger partial charge is 0.251 e. The summed E-state index contributed by atoms with van der Waals surface area (Å²) in [6.07, 6.45) is 0.863. The van der Waals surface area contributed by atoms with Crippen LogP contribution >= 0.6 is 22.6 Å². The fourth-order valence-corrected chi connectivity index (χ4v) is 2.48. The summed E-state index contributed by atoms with van der Waals surface area (Å²) in [5.41, 5.74) is 3.27. The number of hydrogen-bond donors (Lipinski definition) is 1. The quantitative estimate of drug-likeness (QED) is 0.825. The average molecular weight is 365 g/mol. The standard InChI is InChI=1S/C16H16INO/c1-12-5-2-3-6-13(12)9-10-18-16(19)14-7-4-8-15(17)11-14/h2-8,11H,9-10H2,1H3,(H,18,19). The highest BCUT2D eigenvalue weighted by molar-refractivity contribution is 14.1. The first-order valence-corrected chi connectivity index (χ1v) is 7.33. The number of benzene rings is 2. The third-order valence-electron chi connectivity index (χ3n) is 3.03. The van der Waals surface area contributed by atoms with Crippen LogP contribution in [0.25, 0.3) is 0 Å². The van der Waals surface area contributed by atoms with Crippen molar-refractivity contribution in [2.24, 2.45) is 0 Å². The zero-order valence-corrected chi connectivity index (χ0v) is 13.0. The van der Waals surface area contributed by atoms with Crippen molar-refractivity contribution >= 4 is 28.5 Å². The highest BCUT2D eigenvalue weighted by Gasteiger charge is 2.05. The molecule has 98 valence electrons. The maximum absolute atomic E-state index is 12.0. The molecule has 0 heterocycles. The molecule has 2 aromatic rings. The molecule has 2 nitrogen and oxygen atoms in total. The molecule has 0 spiro atoms. The van der Waals surface area contributed by atoms with Gasteiger partial charge in [0.2, 0.25) is 0 Å². The van der Waals surface area contributed by atoms with Crippen LogP contribution in [0.1, 0.15) is 21.5 Å². The minimum atomic E-state index is -0.00731. The van der Waals surface area contributed by atoms with Gasteiger partial charge in [-0.1, -0.05) is 30.3 Å². The number of carbonyl (C=O) groups excluding carboxylic acids is 1. The molecule has 0 bridgehead atoms. The molecule has 0 aromatic heterocycles. The van der Waals surface area contributed by atoms with E-state index in [-0.39, 0.29) is 5.91 Å². The van der Waals surface area contributed by atoms with Gasteiger partial charge in [0.15, 0.2) is 0 Å². The third-order valence-corrected chi connectivity index (χ3v) is 3.70. The Morgan fingerprint density at radius 3 is 2.68 bits per heavy atom. The Bertz CT molecular complexity index is 580. The van der Waals surface area contributed by atoms with E-state index in [2.05, 4.69) is 47.0 Å². The lowest BCUT2D eigenvalue weighted by Crippen LogP contribution is -2.25. The van der Waals surface area contributed by atoms with Crippen LogP contribution in [0.5, 0.6) is 0 Å². The fraction of sp³-hybridized carbons (Fsp3) is 0.188. The van der Waals surface area contributed by atoms with Gasteiger partial charge >= 0.3 is 0 Å². The van der Waals surface area contributed by atoms with E-state index in [1.807, 2.05) is 36.4 Å². The van der Waals surface area contributed by atoms with E-state index in [1.165, 1.54) is 11.1 Å². The molecule has 0 saturated carbocycles. The van der Waals surface area contributed by atoms with Gasteiger partial charge in [0, 0.05) is 15.7 Å². The molecule has 0 radical (unpaired) electrons. The summed E-state index contributed by atoms with van der Waals surface area (Å²) in [6, 6.07) is 15.9. The van der Waals surface area contributed by atoms with E-state index >= 15 is 0 Å². The van der Waals surface area contributed by atoms with Gasteiger partial charge < -0.3 is 5.32 Å². The molecule has 0 unspecified atom stereocenters. The summed E-state index contributed by atoms with van der Waals surface area (Å²) in [6.45, 7) is 2.76. The lowest BCUT2D eigenvalue weighted by Gasteiger charge is -2.07. The molecule has 0 fully saturated rings. The predicted molar refractivity (Wildman–Crippen MR) is 86.4 cm³/mol. The first-order chi connectivity index (χ1) is 9.16. The minimum absolute atomic E-state index is 0.00731. The van der Waals surface area contributed by atoms with Crippen molar-refractivity contribution in [3.63, 3.8) is 0 Å². The van der Waals surface area contributed by atoms with Gasteiger partial charge in [0.05, 0.1) is 0 Å². The summed E-state index contributed by atoms with van der Waals surface area (Å²) < 4.78 is 1.07. The topological polar surface area (TPSA) is 29.1 Å². The molecule has 1 N–H and O–H groups in total. The van der Waals surface area contributed by atoms with E-state index in [0.717, 1.165) is 15.6 Å². The van der Waals surface area contributed by atoms with E-state index in [4.69, 9.17) is 0 Å². The van der Waals surface area contributed by atoms with Gasteiger partial charge in [-0.15, -0.1) is 0 Å². The van der Waals surface area contributed by atoms with Crippen LogP contribution in [0.4, 0.5) is 0 Å². The van der Waals surface area contributed by atoms with Crippen molar-refractivity contribution < 1.29 is 4.79 Å². The minimum Gasteiger partial charge on any atom is -0.352 e. The number of halogens is 1. The summed E-state index contributed by atoms with van der Waals surface area (Å²) >= 11 is 2.21. The Balaban J connectivity index is 1.90. The van der Waals surface area contributed by atoms with Crippen LogP contribution in [0.15, 0.2) is 48.5 Å². The van der Waals surface area contributed by atoms with E-state index in [9.17, 15) is 4.79 Å². The Labute approximate surface area is 127 Å². The van der Waals surface area contributed by atoms with Gasteiger partial charge in [-0.3, -0.25) is 4.79 Å². The highest BCUT2D eigenvalue weighted by atomic mass is 127. The molecule has 0 aliphatic rings. The molecule has 0 saturated heterocycles. The number of rotatable bonds is 4. The Kier molecular flexibility index (Phi) is 4.96. The third kappa shape index (κ3) is 4.06. The summed E-state index contributed by atoms with van der Waals surface area (Å²) in [5.74, 6) is -0.00731. The predicted octanol–water partition coefficient (Wildman–Crippen LogP) is 3.57. The molecule has 2 rings (SSSR count). The first kappa shape index (κ1) is 14.1. The van der Waals surface area contributed by atoms with Gasteiger partial charge in [-0.25, -0.2) is 0 Å². The van der Waals surface area contributed by atoms with Gasteiger partial charge in [0.1, 0.15) is 0 Å². The Morgan fingerprint density at radius 1 is 1.16 bits per heavy atom. The number of carbonyl (C=O) groups is 1. The summed E-state index contributed by atoms with van der Waals surface area (Å²) in [5, 5.41) is 2.96. The van der Waals surface area contributed by atoms with Crippen LogP contribution < -0.4 is 5.32 Å². The zero-order chi connectivity index (χ0) is 13.7. The van der Waals surface area contributed by atoms with Gasteiger partial charge in [-0.2, -0.15) is 0 Å². The lowest BCUT2D eigenvalue weighted by molar-refractivity contribution is 0.0954. The second kappa shape index (κ2) is 6.70. The SMILES string of the molecule is Cc1ccccc1CCNC(=O)c1cccc(I)c1. The first-order valence-electron chi connectivity index (χ1n) is 6.25. The molecule has 19 heavy (non-hydrogen) atoms. The van der Waals surface area contributed by atoms with Crippen molar-refractivity contribution in [1.29, 1.82) is 0 Å². The van der Waals surface area contributed by atoms with Crippen molar-refractivity contribution in [3.8, 4) is 0 Å². The second-order valence-electron chi connectivity index (χ2n) is 4.44. The lowest BCUT2D eigenvalue weighted by atomic mass is 10.1. The number of aryl methyl sites for hydroxylation is 1. The monoisotopic (exact) mass is 365 g/mol. The molecule has 0 atom stereocenters. The average Bonchev–Trinajstić information content (AvgIpc) is 2.41. The largest absolute Gasteiger partial charge is 0.352 e. The molecule has 3 heteroatoms. The van der Waals surface area contributed by atoms with Crippen LogP contribution in [-0.4, -0.2) is 12.5 Å². The molecule has 0 aliphatic carbocycles. The summed E-state index contributed by atoms with van der Waals surface area (Å²) in [4.78, 5) is 12.0. The zero-order valence-electron chi connectivity index (χ0n) is 10.8.